The third kappa shape index (κ3) is 4.68. The number of anilines is 2. The molecule has 0 spiro atoms. The minimum Gasteiger partial charge on any atom is -0.492 e. The minimum atomic E-state index is 0.511. The SMILES string of the molecule is CCOc1c(Cl)cc(Cl)cc1CNc1ccc(N2CCOCC2)c(Cl)c1. The second-order valence-electron chi connectivity index (χ2n) is 5.93. The third-order valence-electron chi connectivity index (χ3n) is 4.16. The Bertz CT molecular complexity index is 765. The van der Waals surface area contributed by atoms with Crippen molar-refractivity contribution in [2.45, 2.75) is 13.5 Å². The van der Waals surface area contributed by atoms with E-state index in [2.05, 4.69) is 10.2 Å². The first kappa shape index (κ1) is 19.4. The van der Waals surface area contributed by atoms with Crippen LogP contribution < -0.4 is 15.0 Å². The van der Waals surface area contributed by atoms with E-state index in [4.69, 9.17) is 44.3 Å². The molecule has 1 aliphatic heterocycles. The number of rotatable bonds is 6. The van der Waals surface area contributed by atoms with Crippen molar-refractivity contribution in [3.05, 3.63) is 51.0 Å². The first-order chi connectivity index (χ1) is 12.6. The Morgan fingerprint density at radius 2 is 1.85 bits per heavy atom. The van der Waals surface area contributed by atoms with Crippen molar-refractivity contribution in [2.75, 3.05) is 43.1 Å². The van der Waals surface area contributed by atoms with E-state index >= 15 is 0 Å². The molecule has 0 unspecified atom stereocenters. The Kier molecular flexibility index (Phi) is 6.76. The lowest BCUT2D eigenvalue weighted by Gasteiger charge is -2.29. The molecule has 0 radical (unpaired) electrons. The van der Waals surface area contributed by atoms with Crippen LogP contribution in [0.25, 0.3) is 0 Å². The summed E-state index contributed by atoms with van der Waals surface area (Å²) in [5.41, 5.74) is 2.85. The molecule has 1 saturated heterocycles. The van der Waals surface area contributed by atoms with E-state index in [-0.39, 0.29) is 0 Å². The zero-order chi connectivity index (χ0) is 18.5. The Morgan fingerprint density at radius 1 is 1.08 bits per heavy atom. The van der Waals surface area contributed by atoms with Gasteiger partial charge >= 0.3 is 0 Å². The van der Waals surface area contributed by atoms with Crippen molar-refractivity contribution in [3.8, 4) is 5.75 Å². The fraction of sp³-hybridized carbons (Fsp3) is 0.368. The fourth-order valence-corrected chi connectivity index (χ4v) is 3.82. The van der Waals surface area contributed by atoms with Crippen molar-refractivity contribution in [1.82, 2.24) is 0 Å². The summed E-state index contributed by atoms with van der Waals surface area (Å²) in [6.07, 6.45) is 0. The van der Waals surface area contributed by atoms with Gasteiger partial charge in [0.05, 0.1) is 35.6 Å². The number of hydrogen-bond donors (Lipinski definition) is 1. The molecule has 0 aliphatic carbocycles. The predicted molar refractivity (Wildman–Crippen MR) is 109 cm³/mol. The van der Waals surface area contributed by atoms with Gasteiger partial charge in [-0.15, -0.1) is 0 Å². The van der Waals surface area contributed by atoms with Crippen molar-refractivity contribution in [1.29, 1.82) is 0 Å². The number of nitrogens with zero attached hydrogens (tertiary/aromatic N) is 1. The molecule has 2 aromatic rings. The summed E-state index contributed by atoms with van der Waals surface area (Å²) in [6.45, 7) is 6.15. The van der Waals surface area contributed by atoms with Gasteiger partial charge in [-0.25, -0.2) is 0 Å². The number of hydrogen-bond acceptors (Lipinski definition) is 4. The van der Waals surface area contributed by atoms with E-state index in [1.165, 1.54) is 0 Å². The molecular formula is C19H21Cl3N2O2. The molecular weight excluding hydrogens is 395 g/mol. The summed E-state index contributed by atoms with van der Waals surface area (Å²) in [5, 5.41) is 5.16. The number of ether oxygens (including phenoxy) is 2. The smallest absolute Gasteiger partial charge is 0.142 e. The zero-order valence-electron chi connectivity index (χ0n) is 14.5. The maximum Gasteiger partial charge on any atom is 0.142 e. The van der Waals surface area contributed by atoms with Crippen LogP contribution in [0.3, 0.4) is 0 Å². The normalized spacial score (nSPS) is 14.4. The summed E-state index contributed by atoms with van der Waals surface area (Å²) in [4.78, 5) is 2.24. The van der Waals surface area contributed by atoms with Gasteiger partial charge in [-0.05, 0) is 37.3 Å². The van der Waals surface area contributed by atoms with Gasteiger partial charge in [-0.1, -0.05) is 34.8 Å². The molecule has 1 N–H and O–H groups in total. The Balaban J connectivity index is 1.73. The van der Waals surface area contributed by atoms with E-state index in [0.29, 0.717) is 34.0 Å². The standard InChI is InChI=1S/C19H21Cl3N2O2/c1-2-26-19-13(9-14(20)10-17(19)22)12-23-15-3-4-18(16(21)11-15)24-5-7-25-8-6-24/h3-4,9-11,23H,2,5-8,12H2,1H3. The third-order valence-corrected chi connectivity index (χ3v) is 4.96. The highest BCUT2D eigenvalue weighted by atomic mass is 35.5. The predicted octanol–water partition coefficient (Wildman–Crippen LogP) is 5.49. The lowest BCUT2D eigenvalue weighted by molar-refractivity contribution is 0.122. The van der Waals surface area contributed by atoms with Gasteiger partial charge < -0.3 is 19.7 Å². The van der Waals surface area contributed by atoms with Crippen LogP contribution in [0.15, 0.2) is 30.3 Å². The van der Waals surface area contributed by atoms with Gasteiger partial charge in [0, 0.05) is 35.9 Å². The molecule has 1 aliphatic rings. The van der Waals surface area contributed by atoms with Gasteiger partial charge in [-0.3, -0.25) is 0 Å². The maximum atomic E-state index is 6.49. The first-order valence-corrected chi connectivity index (χ1v) is 9.68. The van der Waals surface area contributed by atoms with Crippen LogP contribution >= 0.6 is 34.8 Å². The van der Waals surface area contributed by atoms with Gasteiger partial charge in [0.25, 0.3) is 0 Å². The number of halogens is 3. The van der Waals surface area contributed by atoms with Crippen LogP contribution in [0.1, 0.15) is 12.5 Å². The number of morpholine rings is 1. The van der Waals surface area contributed by atoms with Gasteiger partial charge in [0.1, 0.15) is 5.75 Å². The monoisotopic (exact) mass is 414 g/mol. The molecule has 3 rings (SSSR count). The molecule has 0 saturated carbocycles. The molecule has 2 aromatic carbocycles. The highest BCUT2D eigenvalue weighted by Crippen LogP contribution is 2.34. The summed E-state index contributed by atoms with van der Waals surface area (Å²) in [6, 6.07) is 9.52. The van der Waals surface area contributed by atoms with Crippen LogP contribution in [0.2, 0.25) is 15.1 Å². The first-order valence-electron chi connectivity index (χ1n) is 8.55. The van der Waals surface area contributed by atoms with Crippen LogP contribution in [0, 0.1) is 0 Å². The van der Waals surface area contributed by atoms with E-state index < -0.39 is 0 Å². The van der Waals surface area contributed by atoms with Gasteiger partial charge in [-0.2, -0.15) is 0 Å². The molecule has 0 amide bonds. The average molecular weight is 416 g/mol. The van der Waals surface area contributed by atoms with Crippen LogP contribution in [-0.2, 0) is 11.3 Å². The highest BCUT2D eigenvalue weighted by Gasteiger charge is 2.15. The molecule has 0 atom stereocenters. The molecule has 26 heavy (non-hydrogen) atoms. The minimum absolute atomic E-state index is 0.511. The van der Waals surface area contributed by atoms with Crippen LogP contribution in [0.4, 0.5) is 11.4 Å². The summed E-state index contributed by atoms with van der Waals surface area (Å²) in [7, 11) is 0. The lowest BCUT2D eigenvalue weighted by atomic mass is 10.2. The zero-order valence-corrected chi connectivity index (χ0v) is 16.8. The maximum absolute atomic E-state index is 6.49. The van der Waals surface area contributed by atoms with E-state index in [9.17, 15) is 0 Å². The van der Waals surface area contributed by atoms with Crippen LogP contribution in [0.5, 0.6) is 5.75 Å². The Morgan fingerprint density at radius 3 is 2.54 bits per heavy atom. The highest BCUT2D eigenvalue weighted by molar-refractivity contribution is 6.35. The molecule has 0 aromatic heterocycles. The van der Waals surface area contributed by atoms with Crippen molar-refractivity contribution in [2.24, 2.45) is 0 Å². The van der Waals surface area contributed by atoms with E-state index in [1.54, 1.807) is 6.07 Å². The molecule has 4 nitrogen and oxygen atoms in total. The second-order valence-corrected chi connectivity index (χ2v) is 7.18. The molecule has 1 heterocycles. The molecule has 140 valence electrons. The molecule has 0 bridgehead atoms. The Labute approximate surface area is 168 Å². The van der Waals surface area contributed by atoms with E-state index in [0.717, 1.165) is 43.2 Å². The second kappa shape index (κ2) is 9.05. The fourth-order valence-electron chi connectivity index (χ4n) is 2.93. The van der Waals surface area contributed by atoms with E-state index in [1.807, 2.05) is 31.2 Å². The van der Waals surface area contributed by atoms with Crippen molar-refractivity contribution in [3.63, 3.8) is 0 Å². The summed E-state index contributed by atoms with van der Waals surface area (Å²) < 4.78 is 11.1. The number of nitrogens with one attached hydrogen (secondary N) is 1. The Hall–Kier alpha value is -1.33. The number of benzene rings is 2. The largest absolute Gasteiger partial charge is 0.492 e. The molecule has 1 fully saturated rings. The van der Waals surface area contributed by atoms with Crippen LogP contribution in [-0.4, -0.2) is 32.9 Å². The lowest BCUT2D eigenvalue weighted by Crippen LogP contribution is -2.36. The van der Waals surface area contributed by atoms with Crippen molar-refractivity contribution < 1.29 is 9.47 Å². The van der Waals surface area contributed by atoms with Gasteiger partial charge in [0.15, 0.2) is 0 Å². The summed E-state index contributed by atoms with van der Waals surface area (Å²) >= 11 is 18.9. The van der Waals surface area contributed by atoms with Crippen molar-refractivity contribution >= 4 is 46.2 Å². The average Bonchev–Trinajstić information content (AvgIpc) is 2.63. The topological polar surface area (TPSA) is 33.7 Å². The van der Waals surface area contributed by atoms with Gasteiger partial charge in [0.2, 0.25) is 0 Å². The molecule has 7 heteroatoms. The summed E-state index contributed by atoms with van der Waals surface area (Å²) in [5.74, 6) is 0.655. The quantitative estimate of drug-likeness (QED) is 0.676.